The van der Waals surface area contributed by atoms with Gasteiger partial charge in [-0.15, -0.1) is 0 Å². The van der Waals surface area contributed by atoms with Gasteiger partial charge in [-0.25, -0.2) is 4.79 Å². The summed E-state index contributed by atoms with van der Waals surface area (Å²) in [6.07, 6.45) is -7.62. The van der Waals surface area contributed by atoms with Gasteiger partial charge in [-0.1, -0.05) is 48.5 Å². The van der Waals surface area contributed by atoms with Gasteiger partial charge in [0.2, 0.25) is 0 Å². The van der Waals surface area contributed by atoms with Crippen LogP contribution in [-0.4, -0.2) is 33.8 Å². The molecular weight excluding hydrogens is 497 g/mol. The van der Waals surface area contributed by atoms with Crippen molar-refractivity contribution in [1.29, 1.82) is 0 Å². The second-order valence-electron chi connectivity index (χ2n) is 9.16. The number of aromatic nitrogens is 1. The van der Waals surface area contributed by atoms with Crippen LogP contribution in [0.2, 0.25) is 0 Å². The Balaban J connectivity index is 1.58. The largest absolute Gasteiger partial charge is 0.478 e. The van der Waals surface area contributed by atoms with Crippen LogP contribution in [0.25, 0.3) is 10.9 Å². The van der Waals surface area contributed by atoms with Crippen LogP contribution >= 0.6 is 0 Å². The van der Waals surface area contributed by atoms with Gasteiger partial charge in [-0.3, -0.25) is 4.79 Å². The number of alkyl halides is 3. The Bertz CT molecular complexity index is 1480. The van der Waals surface area contributed by atoms with E-state index in [1.165, 1.54) is 18.2 Å². The van der Waals surface area contributed by atoms with E-state index in [2.05, 4.69) is 5.32 Å². The van der Waals surface area contributed by atoms with Crippen molar-refractivity contribution in [3.63, 3.8) is 0 Å². The van der Waals surface area contributed by atoms with E-state index in [0.29, 0.717) is 17.5 Å². The van der Waals surface area contributed by atoms with E-state index in [-0.39, 0.29) is 17.7 Å². The molecule has 0 aliphatic rings. The lowest BCUT2D eigenvalue weighted by Gasteiger charge is -2.18. The van der Waals surface area contributed by atoms with E-state index in [1.807, 2.05) is 67.9 Å². The molecule has 38 heavy (non-hydrogen) atoms. The first-order valence-electron chi connectivity index (χ1n) is 11.9. The molecule has 0 spiro atoms. The highest BCUT2D eigenvalue weighted by Gasteiger charge is 2.47. The lowest BCUT2D eigenvalue weighted by atomic mass is 10.0. The highest BCUT2D eigenvalue weighted by atomic mass is 19.4. The molecule has 6 nitrogen and oxygen atoms in total. The number of nitrogens with one attached hydrogen (secondary N) is 1. The molecule has 1 heterocycles. The van der Waals surface area contributed by atoms with Crippen molar-refractivity contribution in [3.05, 3.63) is 101 Å². The third-order valence-electron chi connectivity index (χ3n) is 6.59. The fourth-order valence-electron chi connectivity index (χ4n) is 4.44. The third-order valence-corrected chi connectivity index (χ3v) is 6.59. The summed E-state index contributed by atoms with van der Waals surface area (Å²) in [5.74, 6) is -2.49. The fraction of sp³-hybridized carbons (Fsp3) is 0.241. The number of carbonyl (C=O) groups excluding carboxylic acids is 1. The van der Waals surface area contributed by atoms with Crippen LogP contribution < -0.4 is 10.1 Å². The van der Waals surface area contributed by atoms with Crippen LogP contribution in [0.15, 0.2) is 72.8 Å². The molecule has 4 rings (SSSR count). The molecule has 0 bridgehead atoms. The van der Waals surface area contributed by atoms with Crippen LogP contribution in [0.3, 0.4) is 0 Å². The second-order valence-corrected chi connectivity index (χ2v) is 9.16. The van der Waals surface area contributed by atoms with E-state index in [9.17, 15) is 22.8 Å². The Morgan fingerprint density at radius 3 is 2.39 bits per heavy atom. The van der Waals surface area contributed by atoms with Crippen molar-refractivity contribution >= 4 is 22.8 Å². The summed E-state index contributed by atoms with van der Waals surface area (Å²) in [5, 5.41) is 12.8. The summed E-state index contributed by atoms with van der Waals surface area (Å²) in [5.41, 5.74) is 4.87. The van der Waals surface area contributed by atoms with Crippen molar-refractivity contribution in [3.8, 4) is 5.75 Å². The minimum absolute atomic E-state index is 0.169. The molecule has 4 aromatic rings. The van der Waals surface area contributed by atoms with E-state index in [1.54, 1.807) is 12.1 Å². The topological polar surface area (TPSA) is 80.6 Å². The van der Waals surface area contributed by atoms with E-state index < -0.39 is 18.2 Å². The number of rotatable bonds is 8. The van der Waals surface area contributed by atoms with Crippen molar-refractivity contribution in [1.82, 2.24) is 9.88 Å². The number of aliphatic carboxylic acids is 1. The summed E-state index contributed by atoms with van der Waals surface area (Å²) in [6, 6.07) is 20.9. The number of benzene rings is 3. The smallest absolute Gasteiger partial charge is 0.436 e. The summed E-state index contributed by atoms with van der Waals surface area (Å²) in [4.78, 5) is 24.0. The van der Waals surface area contributed by atoms with Gasteiger partial charge in [-0.05, 0) is 61.2 Å². The van der Waals surface area contributed by atoms with E-state index >= 15 is 0 Å². The number of amides is 1. The molecule has 3 aromatic carbocycles. The number of hydrogen-bond acceptors (Lipinski definition) is 3. The number of ether oxygens (including phenoxy) is 1. The fourth-order valence-corrected chi connectivity index (χ4v) is 4.44. The maximum absolute atomic E-state index is 13.0. The molecule has 1 amide bonds. The zero-order valence-corrected chi connectivity index (χ0v) is 21.0. The molecule has 0 aliphatic carbocycles. The van der Waals surface area contributed by atoms with Crippen LogP contribution in [0, 0.1) is 6.92 Å². The molecule has 0 fully saturated rings. The van der Waals surface area contributed by atoms with Crippen LogP contribution in [0.1, 0.15) is 45.7 Å². The van der Waals surface area contributed by atoms with Gasteiger partial charge in [0, 0.05) is 29.2 Å². The zero-order valence-electron chi connectivity index (χ0n) is 21.0. The minimum atomic E-state index is -5.04. The molecule has 2 atom stereocenters. The maximum atomic E-state index is 13.0. The summed E-state index contributed by atoms with van der Waals surface area (Å²) in [7, 11) is 1.88. The van der Waals surface area contributed by atoms with Gasteiger partial charge in [0.1, 0.15) is 5.75 Å². The Hall–Kier alpha value is -4.27. The van der Waals surface area contributed by atoms with Gasteiger partial charge >= 0.3 is 12.1 Å². The number of hydrogen-bond donors (Lipinski definition) is 2. The summed E-state index contributed by atoms with van der Waals surface area (Å²) in [6.45, 7) is 3.85. The Morgan fingerprint density at radius 1 is 1.03 bits per heavy atom. The van der Waals surface area contributed by atoms with E-state index in [4.69, 9.17) is 9.84 Å². The summed E-state index contributed by atoms with van der Waals surface area (Å²) >= 11 is 0. The zero-order chi connectivity index (χ0) is 27.6. The molecule has 2 N–H and O–H groups in total. The van der Waals surface area contributed by atoms with Crippen LogP contribution in [0.5, 0.6) is 5.75 Å². The van der Waals surface area contributed by atoms with Gasteiger partial charge in [-0.2, -0.15) is 13.2 Å². The molecule has 9 heteroatoms. The monoisotopic (exact) mass is 524 g/mol. The van der Waals surface area contributed by atoms with Gasteiger partial charge < -0.3 is 19.7 Å². The molecule has 0 saturated heterocycles. The number of carbonyl (C=O) groups is 2. The second kappa shape index (κ2) is 10.6. The van der Waals surface area contributed by atoms with Crippen molar-refractivity contribution in [2.24, 2.45) is 7.05 Å². The maximum Gasteiger partial charge on any atom is 0.436 e. The predicted molar refractivity (Wildman–Crippen MR) is 137 cm³/mol. The van der Waals surface area contributed by atoms with E-state index in [0.717, 1.165) is 27.7 Å². The normalized spacial score (nSPS) is 13.2. The van der Waals surface area contributed by atoms with Gasteiger partial charge in [0.05, 0.1) is 6.04 Å². The summed E-state index contributed by atoms with van der Waals surface area (Å²) < 4.78 is 45.9. The van der Waals surface area contributed by atoms with Crippen LogP contribution in [-0.2, 0) is 18.3 Å². The minimum Gasteiger partial charge on any atom is -0.478 e. The Labute approximate surface area is 217 Å². The average Bonchev–Trinajstić information content (AvgIpc) is 3.11. The molecule has 1 aromatic heterocycles. The first kappa shape index (κ1) is 26.8. The third kappa shape index (κ3) is 5.66. The molecule has 0 saturated carbocycles. The standard InChI is InChI=1S/C29H27F3N2O4/c1-17(20-9-5-4-6-10-20)33-27(35)21-12-13-23-24(18(2)34(3)25(23)16-21)15-19-8-7-11-22(14-19)38-26(28(36)37)29(30,31)32/h4-14,16-17,26H,15H2,1-3H3,(H,33,35)(H,36,37)/t17-,26?/m0/s1. The van der Waals surface area contributed by atoms with Crippen molar-refractivity contribution < 1.29 is 32.6 Å². The van der Waals surface area contributed by atoms with Crippen LogP contribution in [0.4, 0.5) is 13.2 Å². The Kier molecular flexibility index (Phi) is 7.48. The number of aryl methyl sites for hydroxylation is 1. The Morgan fingerprint density at radius 2 is 1.74 bits per heavy atom. The van der Waals surface area contributed by atoms with Crippen molar-refractivity contribution in [2.45, 2.75) is 38.6 Å². The van der Waals surface area contributed by atoms with Gasteiger partial charge in [0.15, 0.2) is 0 Å². The first-order chi connectivity index (χ1) is 18.0. The molecule has 0 aliphatic heterocycles. The lowest BCUT2D eigenvalue weighted by molar-refractivity contribution is -0.207. The number of fused-ring (bicyclic) bond motifs is 1. The number of carboxylic acid groups (broad SMARTS) is 1. The highest BCUT2D eigenvalue weighted by molar-refractivity contribution is 5.99. The predicted octanol–water partition coefficient (Wildman–Crippen LogP) is 5.96. The van der Waals surface area contributed by atoms with Gasteiger partial charge in [0.25, 0.3) is 12.0 Å². The number of halogens is 3. The highest BCUT2D eigenvalue weighted by Crippen LogP contribution is 2.30. The van der Waals surface area contributed by atoms with Crippen molar-refractivity contribution in [2.75, 3.05) is 0 Å². The molecule has 1 unspecified atom stereocenters. The molecule has 198 valence electrons. The SMILES string of the molecule is Cc1c(Cc2cccc(OC(C(=O)O)C(F)(F)F)c2)c2ccc(C(=O)N[C@@H](C)c3ccccc3)cc2n1C. The molecule has 0 radical (unpaired) electrons. The number of nitrogens with zero attached hydrogens (tertiary/aromatic N) is 1. The average molecular weight is 525 g/mol. The number of carboxylic acids is 1. The first-order valence-corrected chi connectivity index (χ1v) is 11.9. The molecular formula is C29H27F3N2O4. The quantitative estimate of drug-likeness (QED) is 0.298. The lowest BCUT2D eigenvalue weighted by Crippen LogP contribution is -2.41.